The zero-order valence-corrected chi connectivity index (χ0v) is 16.0. The molecule has 0 radical (unpaired) electrons. The summed E-state index contributed by atoms with van der Waals surface area (Å²) in [7, 11) is 0. The van der Waals surface area contributed by atoms with E-state index in [0.29, 0.717) is 12.8 Å². The minimum atomic E-state index is -0.946. The van der Waals surface area contributed by atoms with E-state index in [0.717, 1.165) is 28.2 Å². The van der Waals surface area contributed by atoms with Crippen LogP contribution in [0, 0.1) is 0 Å². The first-order valence-electron chi connectivity index (χ1n) is 9.47. The average molecular weight is 387 g/mol. The topological polar surface area (TPSA) is 75.6 Å². The Kier molecular flexibility index (Phi) is 4.80. The monoisotopic (exact) mass is 387 g/mol. The highest BCUT2D eigenvalue weighted by Crippen LogP contribution is 2.48. The number of aromatic carboxylic acids is 1. The summed E-state index contributed by atoms with van der Waals surface area (Å²) in [5, 5.41) is 12.3. The maximum atomic E-state index is 12.3. The van der Waals surface area contributed by atoms with Crippen molar-refractivity contribution in [1.29, 1.82) is 0 Å². The smallest absolute Gasteiger partial charge is 0.335 e. The number of nitrogens with one attached hydrogen (secondary N) is 1. The quantitative estimate of drug-likeness (QED) is 0.676. The molecule has 5 heteroatoms. The highest BCUT2D eigenvalue weighted by Gasteiger charge is 2.42. The van der Waals surface area contributed by atoms with Crippen LogP contribution >= 0.6 is 0 Å². The van der Waals surface area contributed by atoms with Crippen molar-refractivity contribution in [2.75, 3.05) is 0 Å². The van der Waals surface area contributed by atoms with Gasteiger partial charge in [-0.25, -0.2) is 4.79 Å². The SMILES string of the molecule is CC(=O)NC1(CCc2ccc(C(=O)O)cc2)c2ccccc2Oc2ccccc21. The summed E-state index contributed by atoms with van der Waals surface area (Å²) in [5.41, 5.74) is 2.35. The van der Waals surface area contributed by atoms with Gasteiger partial charge >= 0.3 is 5.97 Å². The van der Waals surface area contributed by atoms with E-state index in [9.17, 15) is 9.59 Å². The van der Waals surface area contributed by atoms with Crippen LogP contribution in [0.2, 0.25) is 0 Å². The predicted octanol–water partition coefficient (Wildman–Crippen LogP) is 4.50. The maximum Gasteiger partial charge on any atom is 0.335 e. The van der Waals surface area contributed by atoms with Crippen LogP contribution in [-0.2, 0) is 16.8 Å². The van der Waals surface area contributed by atoms with Crippen molar-refractivity contribution in [2.24, 2.45) is 0 Å². The van der Waals surface area contributed by atoms with Crippen LogP contribution in [-0.4, -0.2) is 17.0 Å². The molecule has 2 N–H and O–H groups in total. The first-order chi connectivity index (χ1) is 14.0. The Hall–Kier alpha value is -3.60. The highest BCUT2D eigenvalue weighted by atomic mass is 16.5. The number of amides is 1. The number of hydrogen-bond donors (Lipinski definition) is 2. The molecule has 3 aromatic rings. The van der Waals surface area contributed by atoms with Crippen molar-refractivity contribution in [2.45, 2.75) is 25.3 Å². The van der Waals surface area contributed by atoms with E-state index in [1.54, 1.807) is 12.1 Å². The van der Waals surface area contributed by atoms with Crippen molar-refractivity contribution >= 4 is 11.9 Å². The Bertz CT molecular complexity index is 1030. The molecule has 0 saturated carbocycles. The van der Waals surface area contributed by atoms with Gasteiger partial charge in [0.05, 0.1) is 11.1 Å². The van der Waals surface area contributed by atoms with Crippen LogP contribution in [0.5, 0.6) is 11.5 Å². The molecule has 1 heterocycles. The first-order valence-corrected chi connectivity index (χ1v) is 9.47. The number of ether oxygens (including phenoxy) is 1. The van der Waals surface area contributed by atoms with Crippen LogP contribution in [0.1, 0.15) is 40.4 Å². The third kappa shape index (κ3) is 3.47. The Morgan fingerprint density at radius 1 is 0.897 bits per heavy atom. The van der Waals surface area contributed by atoms with Gasteiger partial charge < -0.3 is 15.2 Å². The lowest BCUT2D eigenvalue weighted by atomic mass is 9.76. The summed E-state index contributed by atoms with van der Waals surface area (Å²) in [6.45, 7) is 1.52. The number of rotatable bonds is 5. The standard InChI is InChI=1S/C24H21NO4/c1-16(26)25-24(15-14-17-10-12-18(13-11-17)23(27)28)19-6-2-4-8-21(19)29-22-9-5-3-7-20(22)24/h2-13H,14-15H2,1H3,(H,25,26)(H,27,28). The third-order valence-corrected chi connectivity index (χ3v) is 5.29. The summed E-state index contributed by atoms with van der Waals surface area (Å²) < 4.78 is 6.09. The molecule has 1 aliphatic heterocycles. The molecule has 4 rings (SSSR count). The number of carbonyl (C=O) groups is 2. The van der Waals surface area contributed by atoms with Crippen LogP contribution in [0.25, 0.3) is 0 Å². The lowest BCUT2D eigenvalue weighted by Crippen LogP contribution is -2.48. The van der Waals surface area contributed by atoms with E-state index in [2.05, 4.69) is 5.32 Å². The molecule has 146 valence electrons. The molecular weight excluding hydrogens is 366 g/mol. The minimum absolute atomic E-state index is 0.127. The third-order valence-electron chi connectivity index (χ3n) is 5.29. The lowest BCUT2D eigenvalue weighted by Gasteiger charge is -2.41. The van der Waals surface area contributed by atoms with Crippen LogP contribution in [0.15, 0.2) is 72.8 Å². The molecule has 0 spiro atoms. The van der Waals surface area contributed by atoms with Crippen molar-refractivity contribution in [1.82, 2.24) is 5.32 Å². The molecule has 0 aliphatic carbocycles. The number of para-hydroxylation sites is 2. The summed E-state index contributed by atoms with van der Waals surface area (Å²) in [4.78, 5) is 23.4. The lowest BCUT2D eigenvalue weighted by molar-refractivity contribution is -0.120. The van der Waals surface area contributed by atoms with Gasteiger partial charge in [0.15, 0.2) is 0 Å². The van der Waals surface area contributed by atoms with Gasteiger partial charge in [0.2, 0.25) is 5.91 Å². The number of carboxylic acids is 1. The number of carboxylic acid groups (broad SMARTS) is 1. The molecule has 29 heavy (non-hydrogen) atoms. The van der Waals surface area contributed by atoms with E-state index in [1.807, 2.05) is 60.7 Å². The number of hydrogen-bond acceptors (Lipinski definition) is 3. The van der Waals surface area contributed by atoms with E-state index in [4.69, 9.17) is 9.84 Å². The molecule has 0 atom stereocenters. The predicted molar refractivity (Wildman–Crippen MR) is 109 cm³/mol. The summed E-state index contributed by atoms with van der Waals surface area (Å²) in [6.07, 6.45) is 1.26. The van der Waals surface area contributed by atoms with E-state index in [1.165, 1.54) is 6.92 Å². The summed E-state index contributed by atoms with van der Waals surface area (Å²) in [5.74, 6) is 0.374. The van der Waals surface area contributed by atoms with Crippen LogP contribution < -0.4 is 10.1 Å². The highest BCUT2D eigenvalue weighted by molar-refractivity contribution is 5.87. The Labute approximate surface area is 169 Å². The molecule has 0 bridgehead atoms. The summed E-state index contributed by atoms with van der Waals surface area (Å²) in [6, 6.07) is 22.3. The molecule has 5 nitrogen and oxygen atoms in total. The fourth-order valence-electron chi connectivity index (χ4n) is 3.99. The van der Waals surface area contributed by atoms with Gasteiger partial charge in [-0.05, 0) is 42.7 Å². The van der Waals surface area contributed by atoms with E-state index < -0.39 is 11.5 Å². The molecular formula is C24H21NO4. The molecule has 1 aliphatic rings. The second-order valence-corrected chi connectivity index (χ2v) is 7.18. The van der Waals surface area contributed by atoms with Gasteiger partial charge in [-0.2, -0.15) is 0 Å². The average Bonchev–Trinajstić information content (AvgIpc) is 2.72. The number of aryl methyl sites for hydroxylation is 1. The Morgan fingerprint density at radius 3 is 1.97 bits per heavy atom. The van der Waals surface area contributed by atoms with Crippen molar-refractivity contribution in [3.8, 4) is 11.5 Å². The zero-order valence-electron chi connectivity index (χ0n) is 16.0. The Balaban J connectivity index is 1.77. The molecule has 0 saturated heterocycles. The van der Waals surface area contributed by atoms with Crippen LogP contribution in [0.4, 0.5) is 0 Å². The Morgan fingerprint density at radius 2 is 1.45 bits per heavy atom. The second-order valence-electron chi connectivity index (χ2n) is 7.18. The maximum absolute atomic E-state index is 12.3. The number of carbonyl (C=O) groups excluding carboxylic acids is 1. The molecule has 1 amide bonds. The molecule has 3 aromatic carbocycles. The number of benzene rings is 3. The van der Waals surface area contributed by atoms with E-state index in [-0.39, 0.29) is 11.5 Å². The van der Waals surface area contributed by atoms with E-state index >= 15 is 0 Å². The van der Waals surface area contributed by atoms with Gasteiger partial charge in [0, 0.05) is 18.1 Å². The normalized spacial score (nSPS) is 13.6. The first kappa shape index (κ1) is 18.7. The van der Waals surface area contributed by atoms with Crippen LogP contribution in [0.3, 0.4) is 0 Å². The van der Waals surface area contributed by atoms with Gasteiger partial charge in [-0.1, -0.05) is 48.5 Å². The summed E-state index contributed by atoms with van der Waals surface area (Å²) >= 11 is 0. The second kappa shape index (κ2) is 7.43. The van der Waals surface area contributed by atoms with Crippen molar-refractivity contribution in [3.63, 3.8) is 0 Å². The zero-order chi connectivity index (χ0) is 20.4. The van der Waals surface area contributed by atoms with Gasteiger partial charge in [0.25, 0.3) is 0 Å². The molecule has 0 fully saturated rings. The van der Waals surface area contributed by atoms with Crippen molar-refractivity contribution in [3.05, 3.63) is 95.1 Å². The largest absolute Gasteiger partial charge is 0.478 e. The fraction of sp³-hybridized carbons (Fsp3) is 0.167. The van der Waals surface area contributed by atoms with Gasteiger partial charge in [-0.15, -0.1) is 0 Å². The minimum Gasteiger partial charge on any atom is -0.478 e. The van der Waals surface area contributed by atoms with Gasteiger partial charge in [0.1, 0.15) is 11.5 Å². The fourth-order valence-corrected chi connectivity index (χ4v) is 3.99. The molecule has 0 aromatic heterocycles. The van der Waals surface area contributed by atoms with Crippen molar-refractivity contribution < 1.29 is 19.4 Å². The molecule has 0 unspecified atom stereocenters. The van der Waals surface area contributed by atoms with Gasteiger partial charge in [-0.3, -0.25) is 4.79 Å². The number of fused-ring (bicyclic) bond motifs is 2.